The molecule has 1 aromatic rings. The summed E-state index contributed by atoms with van der Waals surface area (Å²) in [5, 5.41) is 11.6. The summed E-state index contributed by atoms with van der Waals surface area (Å²) in [7, 11) is 0. The first-order chi connectivity index (χ1) is 10.3. The van der Waals surface area contributed by atoms with Crippen LogP contribution >= 0.6 is 0 Å². The molecule has 5 nitrogen and oxygen atoms in total. The van der Waals surface area contributed by atoms with E-state index in [9.17, 15) is 14.0 Å². The van der Waals surface area contributed by atoms with Crippen LogP contribution in [0.1, 0.15) is 26.3 Å². The van der Waals surface area contributed by atoms with Gasteiger partial charge < -0.3 is 10.1 Å². The first kappa shape index (κ1) is 17.6. The molecule has 0 fully saturated rings. The fraction of sp³-hybridized carbons (Fsp3) is 0.438. The van der Waals surface area contributed by atoms with Crippen LogP contribution in [-0.4, -0.2) is 24.0 Å². The van der Waals surface area contributed by atoms with E-state index in [0.29, 0.717) is 5.56 Å². The first-order valence-corrected chi connectivity index (χ1v) is 6.89. The predicted molar refractivity (Wildman–Crippen MR) is 78.1 cm³/mol. The van der Waals surface area contributed by atoms with Crippen molar-refractivity contribution in [2.24, 2.45) is 5.92 Å². The molecule has 0 aliphatic rings. The highest BCUT2D eigenvalue weighted by Crippen LogP contribution is 2.14. The van der Waals surface area contributed by atoms with E-state index in [4.69, 9.17) is 10.00 Å². The second-order valence-electron chi connectivity index (χ2n) is 5.48. The average molecular weight is 306 g/mol. The van der Waals surface area contributed by atoms with Gasteiger partial charge >= 0.3 is 5.97 Å². The minimum absolute atomic E-state index is 0.0484. The molecule has 0 saturated heterocycles. The number of esters is 1. The van der Waals surface area contributed by atoms with E-state index in [1.54, 1.807) is 6.92 Å². The molecule has 0 heterocycles. The summed E-state index contributed by atoms with van der Waals surface area (Å²) in [6, 6.07) is 7.48. The summed E-state index contributed by atoms with van der Waals surface area (Å²) in [5.41, 5.74) is -0.420. The maximum absolute atomic E-state index is 12.7. The predicted octanol–water partition coefficient (Wildman–Crippen LogP) is 1.97. The Balaban J connectivity index is 2.45. The van der Waals surface area contributed by atoms with Crippen molar-refractivity contribution in [3.63, 3.8) is 0 Å². The third-order valence-corrected chi connectivity index (χ3v) is 3.41. The van der Waals surface area contributed by atoms with Crippen LogP contribution in [-0.2, 0) is 20.7 Å². The fourth-order valence-corrected chi connectivity index (χ4v) is 1.59. The lowest BCUT2D eigenvalue weighted by molar-refractivity contribution is -0.148. The minimum Gasteiger partial charge on any atom is -0.455 e. The minimum atomic E-state index is -1.01. The largest absolute Gasteiger partial charge is 0.455 e. The van der Waals surface area contributed by atoms with Crippen molar-refractivity contribution in [3.05, 3.63) is 35.6 Å². The third kappa shape index (κ3) is 5.17. The van der Waals surface area contributed by atoms with Crippen molar-refractivity contribution in [2.75, 3.05) is 6.61 Å². The first-order valence-electron chi connectivity index (χ1n) is 6.89. The number of ether oxygens (including phenoxy) is 1. The van der Waals surface area contributed by atoms with E-state index in [1.165, 1.54) is 24.3 Å². The van der Waals surface area contributed by atoms with E-state index in [1.807, 2.05) is 19.9 Å². The molecular weight excluding hydrogens is 287 g/mol. The van der Waals surface area contributed by atoms with Gasteiger partial charge in [-0.15, -0.1) is 0 Å². The molecule has 1 atom stereocenters. The molecule has 0 radical (unpaired) electrons. The lowest BCUT2D eigenvalue weighted by Gasteiger charge is -2.27. The van der Waals surface area contributed by atoms with Gasteiger partial charge in [0.05, 0.1) is 12.5 Å². The third-order valence-electron chi connectivity index (χ3n) is 3.41. The van der Waals surface area contributed by atoms with Gasteiger partial charge in [0.1, 0.15) is 11.4 Å². The summed E-state index contributed by atoms with van der Waals surface area (Å²) in [5.74, 6) is -1.60. The molecule has 118 valence electrons. The van der Waals surface area contributed by atoms with Crippen molar-refractivity contribution in [1.29, 1.82) is 5.26 Å². The number of carbonyl (C=O) groups excluding carboxylic acids is 2. The second-order valence-corrected chi connectivity index (χ2v) is 5.48. The van der Waals surface area contributed by atoms with E-state index in [0.717, 1.165) is 0 Å². The molecule has 0 saturated carbocycles. The van der Waals surface area contributed by atoms with Crippen molar-refractivity contribution >= 4 is 11.9 Å². The standard InChI is InChI=1S/C16H19FN2O3/c1-11(2)16(3,10-18)19-14(20)9-22-15(21)8-12-4-6-13(17)7-5-12/h4-7,11H,8-9H2,1-3H3,(H,19,20). The van der Waals surface area contributed by atoms with Crippen LogP contribution < -0.4 is 5.32 Å². The Morgan fingerprint density at radius 1 is 1.36 bits per heavy atom. The molecule has 0 aliphatic carbocycles. The zero-order valence-electron chi connectivity index (χ0n) is 12.9. The van der Waals surface area contributed by atoms with Crippen molar-refractivity contribution in [3.8, 4) is 6.07 Å². The smallest absolute Gasteiger partial charge is 0.310 e. The summed E-state index contributed by atoms with van der Waals surface area (Å²) in [6.45, 7) is 4.77. The van der Waals surface area contributed by atoms with Gasteiger partial charge in [0.15, 0.2) is 6.61 Å². The number of nitriles is 1. The average Bonchev–Trinajstić information content (AvgIpc) is 2.47. The molecule has 0 bridgehead atoms. The van der Waals surface area contributed by atoms with E-state index in [-0.39, 0.29) is 18.2 Å². The Morgan fingerprint density at radius 2 is 1.95 bits per heavy atom. The highest BCUT2D eigenvalue weighted by Gasteiger charge is 2.30. The quantitative estimate of drug-likeness (QED) is 0.815. The van der Waals surface area contributed by atoms with Crippen LogP contribution in [0.3, 0.4) is 0 Å². The molecule has 0 aliphatic heterocycles. The number of nitrogens with zero attached hydrogens (tertiary/aromatic N) is 1. The molecule has 0 spiro atoms. The highest BCUT2D eigenvalue weighted by molar-refractivity contribution is 5.82. The zero-order chi connectivity index (χ0) is 16.8. The summed E-state index contributed by atoms with van der Waals surface area (Å²) >= 11 is 0. The van der Waals surface area contributed by atoms with E-state index < -0.39 is 24.0 Å². The van der Waals surface area contributed by atoms with Gasteiger partial charge in [-0.05, 0) is 30.5 Å². The van der Waals surface area contributed by atoms with Gasteiger partial charge in [0, 0.05) is 0 Å². The number of benzene rings is 1. The number of rotatable bonds is 6. The van der Waals surface area contributed by atoms with Gasteiger partial charge in [-0.3, -0.25) is 9.59 Å². The normalized spacial score (nSPS) is 13.1. The molecule has 1 rings (SSSR count). The maximum Gasteiger partial charge on any atom is 0.310 e. The molecule has 6 heteroatoms. The van der Waals surface area contributed by atoms with Gasteiger partial charge in [-0.2, -0.15) is 5.26 Å². The van der Waals surface area contributed by atoms with Gasteiger partial charge in [0.25, 0.3) is 5.91 Å². The molecule has 0 aromatic heterocycles. The molecule has 22 heavy (non-hydrogen) atoms. The van der Waals surface area contributed by atoms with Crippen LogP contribution in [0.4, 0.5) is 4.39 Å². The van der Waals surface area contributed by atoms with Crippen LogP contribution in [0.25, 0.3) is 0 Å². The Labute approximate surface area is 129 Å². The Bertz CT molecular complexity index is 578. The summed E-state index contributed by atoms with van der Waals surface area (Å²) in [6.07, 6.45) is -0.0484. The van der Waals surface area contributed by atoms with Crippen LogP contribution in [0.5, 0.6) is 0 Å². The maximum atomic E-state index is 12.7. The molecule has 1 aromatic carbocycles. The topological polar surface area (TPSA) is 79.2 Å². The second kappa shape index (κ2) is 7.55. The highest BCUT2D eigenvalue weighted by atomic mass is 19.1. The number of amides is 1. The van der Waals surface area contributed by atoms with Gasteiger partial charge in [0.2, 0.25) is 0 Å². The molecule has 1 unspecified atom stereocenters. The summed E-state index contributed by atoms with van der Waals surface area (Å²) in [4.78, 5) is 23.3. The van der Waals surface area contributed by atoms with E-state index >= 15 is 0 Å². The lowest BCUT2D eigenvalue weighted by Crippen LogP contribution is -2.50. The van der Waals surface area contributed by atoms with Gasteiger partial charge in [-0.1, -0.05) is 26.0 Å². The fourth-order valence-electron chi connectivity index (χ4n) is 1.59. The van der Waals surface area contributed by atoms with Crippen molar-refractivity contribution in [2.45, 2.75) is 32.7 Å². The van der Waals surface area contributed by atoms with Crippen LogP contribution in [0, 0.1) is 23.1 Å². The SMILES string of the molecule is CC(C)C(C)(C#N)NC(=O)COC(=O)Cc1ccc(F)cc1. The van der Waals surface area contributed by atoms with Crippen molar-refractivity contribution in [1.82, 2.24) is 5.32 Å². The van der Waals surface area contributed by atoms with Crippen molar-refractivity contribution < 1.29 is 18.7 Å². The number of hydrogen-bond acceptors (Lipinski definition) is 4. The Morgan fingerprint density at radius 3 is 2.45 bits per heavy atom. The van der Waals surface area contributed by atoms with E-state index in [2.05, 4.69) is 5.32 Å². The monoisotopic (exact) mass is 306 g/mol. The Hall–Kier alpha value is -2.42. The number of hydrogen-bond donors (Lipinski definition) is 1. The van der Waals surface area contributed by atoms with Gasteiger partial charge in [-0.25, -0.2) is 4.39 Å². The zero-order valence-corrected chi connectivity index (χ0v) is 12.9. The van der Waals surface area contributed by atoms with Crippen LogP contribution in [0.2, 0.25) is 0 Å². The summed E-state index contributed by atoms with van der Waals surface area (Å²) < 4.78 is 17.6. The Kier molecular flexibility index (Phi) is 6.05. The molecular formula is C16H19FN2O3. The molecule has 1 N–H and O–H groups in total. The molecule has 1 amide bonds. The number of halogens is 1. The van der Waals surface area contributed by atoms with Crippen LogP contribution in [0.15, 0.2) is 24.3 Å². The number of nitrogens with one attached hydrogen (secondary N) is 1. The number of carbonyl (C=O) groups is 2. The lowest BCUT2D eigenvalue weighted by atomic mass is 9.90.